The average Bonchev–Trinajstić information content (AvgIpc) is 3.85. The maximum atomic E-state index is 12.8. The summed E-state index contributed by atoms with van der Waals surface area (Å²) < 4.78 is 126. The van der Waals surface area contributed by atoms with Gasteiger partial charge in [-0.25, -0.2) is 12.5 Å². The Morgan fingerprint density at radius 2 is 1.27 bits per heavy atom. The molecule has 0 unspecified atom stereocenters. The van der Waals surface area contributed by atoms with Crippen molar-refractivity contribution in [2.75, 3.05) is 0 Å². The topological polar surface area (TPSA) is 281 Å². The Bertz CT molecular complexity index is 2660. The molecule has 6 saturated carbocycles. The van der Waals surface area contributed by atoms with E-state index >= 15 is 0 Å². The lowest BCUT2D eigenvalue weighted by Gasteiger charge is -2.59. The van der Waals surface area contributed by atoms with E-state index in [0.29, 0.717) is 25.7 Å². The number of ether oxygens (including phenoxy) is 1. The monoisotopic (exact) mass is 1120 g/mol. The molecule has 10 aliphatic rings. The number of aliphatic hydroxyl groups is 4. The highest BCUT2D eigenvalue weighted by Crippen LogP contribution is 2.70. The molecule has 0 amide bonds. The fraction of sp³-hybridized carbons (Fsp3) is 0.927. The molecule has 0 radical (unpaired) electrons. The van der Waals surface area contributed by atoms with Crippen molar-refractivity contribution >= 4 is 31.2 Å². The second-order valence-electron chi connectivity index (χ2n) is 28.2. The molecule has 0 aromatic rings. The summed E-state index contributed by atoms with van der Waals surface area (Å²) in [5.41, 5.74) is 1.93. The van der Waals surface area contributed by atoms with Crippen LogP contribution in [0.3, 0.4) is 0 Å². The lowest BCUT2D eigenvalue weighted by Crippen LogP contribution is -2.59. The summed E-state index contributed by atoms with van der Waals surface area (Å²) >= 11 is 0. The minimum atomic E-state index is -4.90. The van der Waals surface area contributed by atoms with Gasteiger partial charge in [-0.1, -0.05) is 84.6 Å². The summed E-state index contributed by atoms with van der Waals surface area (Å²) in [5, 5.41) is 46.0. The zero-order valence-electron chi connectivity index (χ0n) is 45.6. The van der Waals surface area contributed by atoms with Gasteiger partial charge < -0.3 is 25.2 Å². The van der Waals surface area contributed by atoms with Crippen LogP contribution >= 0.6 is 0 Å². The predicted molar refractivity (Wildman–Crippen MR) is 276 cm³/mol. The number of hydrogen-bond acceptors (Lipinski definition) is 14. The fourth-order valence-corrected chi connectivity index (χ4v) is 22.3. The van der Waals surface area contributed by atoms with Crippen LogP contribution in [-0.4, -0.2) is 114 Å². The van der Waals surface area contributed by atoms with Crippen LogP contribution in [0.4, 0.5) is 0 Å². The lowest BCUT2D eigenvalue weighted by atomic mass is 9.47. The van der Waals surface area contributed by atoms with E-state index in [2.05, 4.69) is 48.5 Å². The van der Waals surface area contributed by atoms with Crippen LogP contribution in [0.5, 0.6) is 0 Å². The number of allylic oxidation sites excluding steroid dienone is 2. The first-order valence-electron chi connectivity index (χ1n) is 28.4. The Labute approximate surface area is 446 Å². The molecule has 0 aromatic carbocycles. The lowest BCUT2D eigenvalue weighted by molar-refractivity contribution is -0.157. The zero-order valence-corrected chi connectivity index (χ0v) is 48.0. The third-order valence-electron chi connectivity index (χ3n) is 24.0. The van der Waals surface area contributed by atoms with Crippen LogP contribution in [0.25, 0.3) is 0 Å². The van der Waals surface area contributed by atoms with Crippen LogP contribution in [0, 0.1) is 86.3 Å². The molecule has 2 bridgehead atoms. The zero-order chi connectivity index (χ0) is 54.8. The van der Waals surface area contributed by atoms with Crippen molar-refractivity contribution in [3.63, 3.8) is 0 Å². The summed E-state index contributed by atoms with van der Waals surface area (Å²) in [7, 11) is -14.6. The molecule has 7 N–H and O–H groups in total. The summed E-state index contributed by atoms with van der Waals surface area (Å²) in [6.45, 7) is 19.8. The molecule has 9 aliphatic carbocycles. The van der Waals surface area contributed by atoms with Crippen molar-refractivity contribution in [3.05, 3.63) is 22.3 Å². The molecular weight excluding hydrogens is 1030 g/mol. The van der Waals surface area contributed by atoms with Gasteiger partial charge in [0.1, 0.15) is 6.10 Å². The van der Waals surface area contributed by atoms with Gasteiger partial charge in [-0.15, -0.1) is 0 Å². The normalized spacial score (nSPS) is 49.4. The number of fused-ring (bicyclic) bond motifs is 10. The Balaban J connectivity index is 0.883. The minimum Gasteiger partial charge on any atom is -0.390 e. The molecule has 0 aromatic heterocycles. The SMILES string of the molecule is C[C@H]1[C@@H](O)[C@@H](O)C[C@]2(C)C3=C(C[C@H](OS(=O)(=O)O)[C@@H]12)[C@@H]1CC[C@H]([C@H](C)[C@H]2C[C@@H]4C[C@@](O)(CC4(C)C)[C@H](CC[C@@H](C)[C@H]4CCC5=C6C[C@H](OS(=O)(=O)O)[C@H]7C[C@@H](O)[C@@H](OS(=O)(=O)O)C[C@]7(C)[C@H]6CC[C@@]54C)O2)[C@@]1(C)CC3. The average molecular weight is 1120 g/mol. The van der Waals surface area contributed by atoms with E-state index in [-0.39, 0.29) is 95.6 Å². The number of rotatable bonds is 12. The smallest absolute Gasteiger partial charge is 0.390 e. The van der Waals surface area contributed by atoms with Gasteiger partial charge in [0.15, 0.2) is 0 Å². The molecule has 17 nitrogen and oxygen atoms in total. The molecule has 1 saturated heterocycles. The van der Waals surface area contributed by atoms with E-state index in [1.165, 1.54) is 16.7 Å². The van der Waals surface area contributed by atoms with Gasteiger partial charge in [-0.05, 0) is 196 Å². The first-order chi connectivity index (χ1) is 34.5. The first-order valence-corrected chi connectivity index (χ1v) is 32.5. The highest BCUT2D eigenvalue weighted by atomic mass is 32.3. The minimum absolute atomic E-state index is 0.0311. The van der Waals surface area contributed by atoms with E-state index in [1.807, 2.05) is 13.8 Å². The number of aliphatic hydroxyl groups excluding tert-OH is 3. The van der Waals surface area contributed by atoms with E-state index in [1.54, 1.807) is 0 Å². The third kappa shape index (κ3) is 9.74. The van der Waals surface area contributed by atoms with Crippen molar-refractivity contribution in [2.24, 2.45) is 86.3 Å². The van der Waals surface area contributed by atoms with E-state index in [0.717, 1.165) is 69.8 Å². The van der Waals surface area contributed by atoms with Crippen LogP contribution < -0.4 is 0 Å². The Morgan fingerprint density at radius 1 is 0.667 bits per heavy atom. The Kier molecular flexibility index (Phi) is 14.5. The molecule has 75 heavy (non-hydrogen) atoms. The van der Waals surface area contributed by atoms with Gasteiger partial charge in [0.05, 0.1) is 48.3 Å². The third-order valence-corrected chi connectivity index (χ3v) is 25.5. The van der Waals surface area contributed by atoms with E-state index in [4.69, 9.17) is 17.3 Å². The van der Waals surface area contributed by atoms with Gasteiger partial charge in [0.25, 0.3) is 0 Å². The molecular formula is C55H88O17S3. The molecule has 23 atom stereocenters. The second kappa shape index (κ2) is 19.0. The largest absolute Gasteiger partial charge is 0.397 e. The second-order valence-corrected chi connectivity index (χ2v) is 31.3. The summed E-state index contributed by atoms with van der Waals surface area (Å²) in [4.78, 5) is 0. The Hall–Kier alpha value is -1.11. The maximum absolute atomic E-state index is 12.8. The molecule has 1 heterocycles. The van der Waals surface area contributed by atoms with Crippen molar-refractivity contribution < 1.29 is 76.6 Å². The fourth-order valence-electron chi connectivity index (χ4n) is 20.8. The van der Waals surface area contributed by atoms with Gasteiger partial charge in [-0.3, -0.25) is 13.7 Å². The maximum Gasteiger partial charge on any atom is 0.397 e. The summed E-state index contributed by atoms with van der Waals surface area (Å²) in [5.74, 6) is -0.165. The summed E-state index contributed by atoms with van der Waals surface area (Å²) in [6, 6.07) is 0. The molecule has 10 rings (SSSR count). The van der Waals surface area contributed by atoms with Crippen LogP contribution in [0.1, 0.15) is 178 Å². The van der Waals surface area contributed by atoms with Crippen LogP contribution in [-0.2, 0) is 48.5 Å². The van der Waals surface area contributed by atoms with E-state index < -0.39 is 102 Å². The molecule has 20 heteroatoms. The standard InChI is InChI=1S/C55H88O17S3/c1-28(34-11-13-36-32-21-44(70-73(60,61)62)40-23-41(56)46(72-75(66,67)68)26-53(40,8)38(32)16-18-51(34,36)6)10-15-47-55(59)24-31(50(4,5)27-55)20-43(69-47)29(2)35-12-14-37-33-22-45(71-74(63,64)65)48-30(3)49(58)42(57)25-54(48,9)39(33)17-19-52(35,37)7/h28-31,34-35,37-38,40-49,56-59H,10-27H2,1-9H3,(H,60,61,62)(H,63,64,65)(H,66,67,68)/t28-,29+,30-,31-,34-,35-,37+,38+,40-,41-,42+,43-,44+,45+,46+,47+,48-,49-,51-,52-,53-,54-,55-/m1/s1. The molecule has 7 fully saturated rings. The van der Waals surface area contributed by atoms with Crippen LogP contribution in [0.15, 0.2) is 22.3 Å². The van der Waals surface area contributed by atoms with Crippen LogP contribution in [0.2, 0.25) is 0 Å². The molecule has 428 valence electrons. The number of hydrogen-bond donors (Lipinski definition) is 7. The summed E-state index contributed by atoms with van der Waals surface area (Å²) in [6.07, 6.45) is 4.54. The molecule has 1 aliphatic heterocycles. The highest BCUT2D eigenvalue weighted by Gasteiger charge is 2.65. The predicted octanol–water partition coefficient (Wildman–Crippen LogP) is 8.14. The van der Waals surface area contributed by atoms with Gasteiger partial charge in [-0.2, -0.15) is 25.3 Å². The first kappa shape index (κ1) is 57.1. The van der Waals surface area contributed by atoms with Gasteiger partial charge in [0, 0.05) is 5.92 Å². The van der Waals surface area contributed by atoms with Gasteiger partial charge >= 0.3 is 31.2 Å². The van der Waals surface area contributed by atoms with Crippen molar-refractivity contribution in [3.8, 4) is 0 Å². The quantitative estimate of drug-likeness (QED) is 0.0717. The Morgan fingerprint density at radius 3 is 1.92 bits per heavy atom. The van der Waals surface area contributed by atoms with E-state index in [9.17, 15) is 59.3 Å². The van der Waals surface area contributed by atoms with Crippen molar-refractivity contribution in [1.29, 1.82) is 0 Å². The van der Waals surface area contributed by atoms with Crippen molar-refractivity contribution in [1.82, 2.24) is 0 Å². The highest BCUT2D eigenvalue weighted by molar-refractivity contribution is 7.81. The van der Waals surface area contributed by atoms with Crippen molar-refractivity contribution in [2.45, 2.75) is 232 Å². The molecule has 0 spiro atoms. The van der Waals surface area contributed by atoms with Gasteiger partial charge in [0.2, 0.25) is 0 Å².